The molecule has 0 saturated carbocycles. The number of nitrogens with zero attached hydrogens (tertiary/aromatic N) is 4. The first-order valence-electron chi connectivity index (χ1n) is 13.2. The second-order valence-corrected chi connectivity index (χ2v) is 9.93. The molecule has 0 unspecified atom stereocenters. The Bertz CT molecular complexity index is 1440. The number of nitrogens with one attached hydrogen (secondary N) is 3. The molecule has 0 radical (unpaired) electrons. The molecule has 0 fully saturated rings. The van der Waals surface area contributed by atoms with Gasteiger partial charge in [0, 0.05) is 55.1 Å². The molecule has 2 heterocycles. The number of nitrogens with two attached hydrogens (primary N) is 1. The zero-order valence-corrected chi connectivity index (χ0v) is 24.7. The smallest absolute Gasteiger partial charge is 0.264 e. The molecule has 0 amide bonds. The van der Waals surface area contributed by atoms with Crippen LogP contribution >= 0.6 is 0 Å². The molecular formula is C30H41FN8O2. The fraction of sp³-hybridized carbons (Fsp3) is 0.333. The summed E-state index contributed by atoms with van der Waals surface area (Å²) in [5.74, 6) is -0.247. The van der Waals surface area contributed by atoms with Crippen LogP contribution in [-0.4, -0.2) is 84.6 Å². The van der Waals surface area contributed by atoms with Gasteiger partial charge in [0.1, 0.15) is 5.82 Å². The van der Waals surface area contributed by atoms with Crippen molar-refractivity contribution in [3.05, 3.63) is 98.3 Å². The lowest BCUT2D eigenvalue weighted by atomic mass is 10.1. The molecule has 220 valence electrons. The van der Waals surface area contributed by atoms with Crippen molar-refractivity contribution < 1.29 is 4.39 Å². The van der Waals surface area contributed by atoms with Crippen LogP contribution in [0.15, 0.2) is 70.3 Å². The molecule has 11 heteroatoms. The van der Waals surface area contributed by atoms with Crippen molar-refractivity contribution in [1.29, 1.82) is 0 Å². The average molecular weight is 565 g/mol. The maximum absolute atomic E-state index is 13.0. The number of halogens is 1. The van der Waals surface area contributed by atoms with Crippen LogP contribution in [-0.2, 0) is 0 Å². The number of rotatable bonds is 8. The highest BCUT2D eigenvalue weighted by atomic mass is 19.1. The first kappa shape index (κ1) is 33.0. The Morgan fingerprint density at radius 3 is 1.66 bits per heavy atom. The first-order chi connectivity index (χ1) is 19.5. The molecule has 41 heavy (non-hydrogen) atoms. The van der Waals surface area contributed by atoms with Crippen molar-refractivity contribution in [3.8, 4) is 22.5 Å². The third kappa shape index (κ3) is 11.8. The van der Waals surface area contributed by atoms with E-state index in [2.05, 4.69) is 62.6 Å². The number of aromatic nitrogens is 4. The molecule has 0 atom stereocenters. The van der Waals surface area contributed by atoms with E-state index >= 15 is 0 Å². The summed E-state index contributed by atoms with van der Waals surface area (Å²) in [6.45, 7) is 7.39. The van der Waals surface area contributed by atoms with E-state index in [0.717, 1.165) is 54.3 Å². The maximum Gasteiger partial charge on any atom is 0.264 e. The van der Waals surface area contributed by atoms with Gasteiger partial charge >= 0.3 is 0 Å². The number of hydrogen-bond donors (Lipinski definition) is 4. The van der Waals surface area contributed by atoms with Crippen molar-refractivity contribution in [3.63, 3.8) is 0 Å². The summed E-state index contributed by atoms with van der Waals surface area (Å²) in [4.78, 5) is 26.0. The zero-order chi connectivity index (χ0) is 30.4. The monoisotopic (exact) mass is 564 g/mol. The molecule has 0 saturated heterocycles. The molecule has 0 aliphatic carbocycles. The molecule has 2 aromatic carbocycles. The van der Waals surface area contributed by atoms with Crippen molar-refractivity contribution >= 4 is 5.69 Å². The quantitative estimate of drug-likeness (QED) is 0.256. The highest BCUT2D eigenvalue weighted by Gasteiger charge is 2.04. The van der Waals surface area contributed by atoms with Crippen LogP contribution in [0.25, 0.3) is 22.5 Å². The second kappa shape index (κ2) is 16.8. The maximum atomic E-state index is 13.0. The zero-order valence-electron chi connectivity index (χ0n) is 24.7. The molecule has 5 N–H and O–H groups in total. The minimum Gasteiger partial charge on any atom is -0.384 e. The molecule has 4 rings (SSSR count). The molecule has 0 aliphatic heterocycles. The Hall–Kier alpha value is -4.19. The van der Waals surface area contributed by atoms with Gasteiger partial charge in [0.05, 0.1) is 11.4 Å². The van der Waals surface area contributed by atoms with Crippen LogP contribution in [0.2, 0.25) is 0 Å². The molecule has 0 bridgehead atoms. The fourth-order valence-electron chi connectivity index (χ4n) is 3.51. The van der Waals surface area contributed by atoms with Gasteiger partial charge in [0.25, 0.3) is 11.1 Å². The minimum atomic E-state index is -0.252. The van der Waals surface area contributed by atoms with E-state index in [4.69, 9.17) is 5.73 Å². The van der Waals surface area contributed by atoms with Gasteiger partial charge in [-0.05, 0) is 95.6 Å². The van der Waals surface area contributed by atoms with Gasteiger partial charge in [-0.25, -0.2) is 14.6 Å². The summed E-state index contributed by atoms with van der Waals surface area (Å²) in [6.07, 6.45) is 0. The lowest BCUT2D eigenvalue weighted by Crippen LogP contribution is -2.21. The highest BCUT2D eigenvalue weighted by Crippen LogP contribution is 2.22. The van der Waals surface area contributed by atoms with Gasteiger partial charge in [0.15, 0.2) is 0 Å². The van der Waals surface area contributed by atoms with Crippen LogP contribution in [0.5, 0.6) is 0 Å². The van der Waals surface area contributed by atoms with Gasteiger partial charge in [0.2, 0.25) is 0 Å². The number of benzene rings is 2. The first-order valence-corrected chi connectivity index (χ1v) is 13.2. The Labute approximate surface area is 240 Å². The van der Waals surface area contributed by atoms with Crippen molar-refractivity contribution in [2.45, 2.75) is 13.8 Å². The number of anilines is 1. The molecule has 4 aromatic rings. The summed E-state index contributed by atoms with van der Waals surface area (Å²) in [7, 11) is 8.12. The van der Waals surface area contributed by atoms with Crippen molar-refractivity contribution in [2.75, 3.05) is 59.7 Å². The predicted octanol–water partition coefficient (Wildman–Crippen LogP) is 3.11. The van der Waals surface area contributed by atoms with E-state index in [0.29, 0.717) is 11.3 Å². The van der Waals surface area contributed by atoms with Crippen molar-refractivity contribution in [1.82, 2.24) is 30.2 Å². The minimum absolute atomic E-state index is 0.188. The largest absolute Gasteiger partial charge is 0.384 e. The average Bonchev–Trinajstić information content (AvgIpc) is 2.92. The van der Waals surface area contributed by atoms with Crippen LogP contribution in [0.4, 0.5) is 10.1 Å². The van der Waals surface area contributed by atoms with E-state index in [1.807, 2.05) is 26.2 Å². The van der Waals surface area contributed by atoms with Crippen LogP contribution in [0.1, 0.15) is 11.1 Å². The molecule has 0 spiro atoms. The summed E-state index contributed by atoms with van der Waals surface area (Å²) < 4.78 is 13.0. The SMILES string of the molecule is CN(C)CCN.Cc1cc(-c2ccc(=O)[nH]n2)ccc1F.Cc1cc(-c2ccc(=O)[nH]n2)ccc1NCCN(C)C. The van der Waals surface area contributed by atoms with Gasteiger partial charge in [-0.2, -0.15) is 10.2 Å². The highest BCUT2D eigenvalue weighted by molar-refractivity contribution is 5.65. The number of likely N-dealkylation sites (N-methyl/N-ethyl adjacent to an activating group) is 2. The topological polar surface area (TPSA) is 136 Å². The van der Waals surface area contributed by atoms with E-state index in [1.165, 1.54) is 18.2 Å². The number of aromatic amines is 2. The van der Waals surface area contributed by atoms with Crippen LogP contribution in [0, 0.1) is 19.7 Å². The van der Waals surface area contributed by atoms with E-state index in [1.54, 1.807) is 31.2 Å². The summed E-state index contributed by atoms with van der Waals surface area (Å²) >= 11 is 0. The number of aryl methyl sites for hydroxylation is 2. The Balaban J connectivity index is 0.000000246. The summed E-state index contributed by atoms with van der Waals surface area (Å²) in [5.41, 5.74) is 10.8. The second-order valence-electron chi connectivity index (χ2n) is 9.93. The van der Waals surface area contributed by atoms with E-state index in [9.17, 15) is 14.0 Å². The van der Waals surface area contributed by atoms with E-state index < -0.39 is 0 Å². The number of H-pyrrole nitrogens is 2. The van der Waals surface area contributed by atoms with Gasteiger partial charge < -0.3 is 20.9 Å². The summed E-state index contributed by atoms with van der Waals surface area (Å²) in [6, 6.07) is 17.0. The van der Waals surface area contributed by atoms with Gasteiger partial charge in [-0.15, -0.1) is 0 Å². The van der Waals surface area contributed by atoms with Crippen LogP contribution in [0.3, 0.4) is 0 Å². The molecule has 10 nitrogen and oxygen atoms in total. The Kier molecular flexibility index (Phi) is 13.5. The molecule has 2 aromatic heterocycles. The molecular weight excluding hydrogens is 523 g/mol. The lowest BCUT2D eigenvalue weighted by Gasteiger charge is -2.13. The number of hydrogen-bond acceptors (Lipinski definition) is 8. The fourth-order valence-corrected chi connectivity index (χ4v) is 3.51. The van der Waals surface area contributed by atoms with Crippen molar-refractivity contribution in [2.24, 2.45) is 5.73 Å². The van der Waals surface area contributed by atoms with E-state index in [-0.39, 0.29) is 16.9 Å². The third-order valence-corrected chi connectivity index (χ3v) is 5.78. The van der Waals surface area contributed by atoms with Crippen LogP contribution < -0.4 is 22.2 Å². The standard InChI is InChI=1S/C15H20N4O.C11H9FN2O.C4H12N2/c1-11-10-12(14-6-7-15(20)18-17-14)4-5-13(11)16-8-9-19(2)3;1-7-6-8(2-3-9(7)12)10-4-5-11(15)14-13-10;1-6(2)4-3-5/h4-7,10,16H,8-9H2,1-3H3,(H,18,20);2-6H,1H3,(H,14,15);3-5H2,1-2H3. The predicted molar refractivity (Wildman–Crippen MR) is 165 cm³/mol. The van der Waals surface area contributed by atoms with Gasteiger partial charge in [-0.3, -0.25) is 9.59 Å². The Morgan fingerprint density at radius 1 is 0.756 bits per heavy atom. The lowest BCUT2D eigenvalue weighted by molar-refractivity contribution is 0.420. The summed E-state index contributed by atoms with van der Waals surface area (Å²) in [5, 5.41) is 16.1. The molecule has 0 aliphatic rings. The van der Waals surface area contributed by atoms with Gasteiger partial charge in [-0.1, -0.05) is 6.07 Å². The Morgan fingerprint density at radius 2 is 1.27 bits per heavy atom. The normalized spacial score (nSPS) is 10.5. The third-order valence-electron chi connectivity index (χ3n) is 5.78.